The summed E-state index contributed by atoms with van der Waals surface area (Å²) >= 11 is 0. The van der Waals surface area contributed by atoms with Crippen LogP contribution in [0, 0.1) is 0 Å². The van der Waals surface area contributed by atoms with Crippen LogP contribution in [0.15, 0.2) is 5.10 Å². The fourth-order valence-electron chi connectivity index (χ4n) is 0.966. The summed E-state index contributed by atoms with van der Waals surface area (Å²) in [6.45, 7) is 7.97. The molecular weight excluding hydrogens is 152 g/mol. The minimum atomic E-state index is 0.0747. The van der Waals surface area contributed by atoms with Crippen molar-refractivity contribution in [3.63, 3.8) is 0 Å². The Morgan fingerprint density at radius 1 is 1.25 bits per heavy atom. The highest BCUT2D eigenvalue weighted by Gasteiger charge is 2.10. The van der Waals surface area contributed by atoms with Crippen molar-refractivity contribution in [2.75, 3.05) is 13.2 Å². The van der Waals surface area contributed by atoms with Gasteiger partial charge in [-0.15, -0.1) is 0 Å². The Bertz CT molecular complexity index is 162. The van der Waals surface area contributed by atoms with Gasteiger partial charge in [0.2, 0.25) is 0 Å². The normalized spacial score (nSPS) is 19.1. The fourth-order valence-corrected chi connectivity index (χ4v) is 0.966. The second-order valence-corrected chi connectivity index (χ2v) is 4.15. The van der Waals surface area contributed by atoms with E-state index in [0.717, 1.165) is 26.1 Å². The molecule has 0 aromatic carbocycles. The number of hydrazone groups is 1. The highest BCUT2D eigenvalue weighted by molar-refractivity contribution is 5.84. The Hall–Kier alpha value is -0.570. The molecule has 12 heavy (non-hydrogen) atoms. The molecule has 0 atom stereocenters. The lowest BCUT2D eigenvalue weighted by molar-refractivity contribution is 0.134. The molecule has 0 aromatic heterocycles. The monoisotopic (exact) mass is 170 g/mol. The van der Waals surface area contributed by atoms with Gasteiger partial charge in [-0.05, 0) is 20.8 Å². The Morgan fingerprint density at radius 2 is 1.83 bits per heavy atom. The predicted octanol–water partition coefficient (Wildman–Crippen LogP) is 1.54. The van der Waals surface area contributed by atoms with Crippen LogP contribution < -0.4 is 5.43 Å². The first-order valence-electron chi connectivity index (χ1n) is 4.48. The predicted molar refractivity (Wildman–Crippen MR) is 50.4 cm³/mol. The Kier molecular flexibility index (Phi) is 3.09. The van der Waals surface area contributed by atoms with Crippen molar-refractivity contribution in [3.8, 4) is 0 Å². The lowest BCUT2D eigenvalue weighted by Crippen LogP contribution is -2.33. The molecule has 3 nitrogen and oxygen atoms in total. The van der Waals surface area contributed by atoms with Gasteiger partial charge in [0, 0.05) is 24.1 Å². The maximum absolute atomic E-state index is 5.22. The van der Waals surface area contributed by atoms with Gasteiger partial charge in [0.1, 0.15) is 0 Å². The molecule has 1 rings (SSSR count). The molecule has 3 heteroatoms. The van der Waals surface area contributed by atoms with Crippen LogP contribution in [-0.2, 0) is 4.74 Å². The summed E-state index contributed by atoms with van der Waals surface area (Å²) in [7, 11) is 0. The van der Waals surface area contributed by atoms with E-state index in [1.54, 1.807) is 0 Å². The van der Waals surface area contributed by atoms with Crippen LogP contribution in [0.5, 0.6) is 0 Å². The maximum Gasteiger partial charge on any atom is 0.0519 e. The molecule has 1 saturated heterocycles. The Balaban J connectivity index is 2.35. The highest BCUT2D eigenvalue weighted by Crippen LogP contribution is 2.04. The molecule has 1 aliphatic rings. The van der Waals surface area contributed by atoms with Crippen LogP contribution in [0.2, 0.25) is 0 Å². The first kappa shape index (κ1) is 9.52. The first-order chi connectivity index (χ1) is 5.58. The third-order valence-corrected chi connectivity index (χ3v) is 1.62. The topological polar surface area (TPSA) is 33.6 Å². The van der Waals surface area contributed by atoms with Crippen molar-refractivity contribution in [1.82, 2.24) is 5.43 Å². The van der Waals surface area contributed by atoms with Crippen molar-refractivity contribution < 1.29 is 4.74 Å². The second kappa shape index (κ2) is 3.90. The van der Waals surface area contributed by atoms with Crippen LogP contribution >= 0.6 is 0 Å². The zero-order valence-electron chi connectivity index (χ0n) is 8.18. The molecule has 0 unspecified atom stereocenters. The van der Waals surface area contributed by atoms with Gasteiger partial charge in [-0.1, -0.05) is 0 Å². The van der Waals surface area contributed by atoms with Crippen LogP contribution in [0.25, 0.3) is 0 Å². The number of rotatable bonds is 1. The molecule has 1 heterocycles. The molecule has 0 aromatic rings. The van der Waals surface area contributed by atoms with E-state index >= 15 is 0 Å². The van der Waals surface area contributed by atoms with E-state index in [1.807, 2.05) is 0 Å². The summed E-state index contributed by atoms with van der Waals surface area (Å²) in [4.78, 5) is 0. The smallest absolute Gasteiger partial charge is 0.0519 e. The zero-order valence-corrected chi connectivity index (χ0v) is 8.18. The van der Waals surface area contributed by atoms with E-state index in [2.05, 4.69) is 31.3 Å². The molecule has 0 radical (unpaired) electrons. The SMILES string of the molecule is CC(C)(C)NN=C1CCOCC1. The zero-order chi connectivity index (χ0) is 9.03. The van der Waals surface area contributed by atoms with Crippen LogP contribution in [-0.4, -0.2) is 24.5 Å². The van der Waals surface area contributed by atoms with E-state index in [0.29, 0.717) is 0 Å². The van der Waals surface area contributed by atoms with Crippen molar-refractivity contribution in [1.29, 1.82) is 0 Å². The van der Waals surface area contributed by atoms with Gasteiger partial charge in [0.05, 0.1) is 13.2 Å². The Morgan fingerprint density at radius 3 is 2.33 bits per heavy atom. The summed E-state index contributed by atoms with van der Waals surface area (Å²) < 4.78 is 5.22. The third-order valence-electron chi connectivity index (χ3n) is 1.62. The van der Waals surface area contributed by atoms with Crippen LogP contribution in [0.1, 0.15) is 33.6 Å². The second-order valence-electron chi connectivity index (χ2n) is 4.15. The third kappa shape index (κ3) is 3.72. The molecule has 1 N–H and O–H groups in total. The standard InChI is InChI=1S/C9H18N2O/c1-9(2,3)11-10-8-4-6-12-7-5-8/h11H,4-7H2,1-3H3. The molecule has 0 saturated carbocycles. The van der Waals surface area contributed by atoms with Gasteiger partial charge < -0.3 is 10.2 Å². The van der Waals surface area contributed by atoms with Gasteiger partial charge in [0.25, 0.3) is 0 Å². The number of hydrogen-bond acceptors (Lipinski definition) is 3. The number of hydrogen-bond donors (Lipinski definition) is 1. The van der Waals surface area contributed by atoms with Crippen molar-refractivity contribution >= 4 is 5.71 Å². The maximum atomic E-state index is 5.22. The Labute approximate surface area is 74.2 Å². The average Bonchev–Trinajstić information content (AvgIpc) is 2.02. The number of nitrogens with one attached hydrogen (secondary N) is 1. The molecule has 1 fully saturated rings. The molecule has 0 spiro atoms. The van der Waals surface area contributed by atoms with Gasteiger partial charge in [-0.25, -0.2) is 0 Å². The fraction of sp³-hybridized carbons (Fsp3) is 0.889. The average molecular weight is 170 g/mol. The van der Waals surface area contributed by atoms with E-state index in [1.165, 1.54) is 5.71 Å². The minimum Gasteiger partial charge on any atom is -0.381 e. The van der Waals surface area contributed by atoms with Crippen LogP contribution in [0.3, 0.4) is 0 Å². The summed E-state index contributed by atoms with van der Waals surface area (Å²) in [5, 5.41) is 4.34. The molecule has 0 amide bonds. The lowest BCUT2D eigenvalue weighted by atomic mass is 10.1. The van der Waals surface area contributed by atoms with Gasteiger partial charge in [-0.3, -0.25) is 0 Å². The molecule has 70 valence electrons. The summed E-state index contributed by atoms with van der Waals surface area (Å²) in [6.07, 6.45) is 1.95. The summed E-state index contributed by atoms with van der Waals surface area (Å²) in [5.41, 5.74) is 4.43. The largest absolute Gasteiger partial charge is 0.381 e. The minimum absolute atomic E-state index is 0.0747. The van der Waals surface area contributed by atoms with Gasteiger partial charge >= 0.3 is 0 Å². The quantitative estimate of drug-likeness (QED) is 0.606. The van der Waals surface area contributed by atoms with Crippen molar-refractivity contribution in [2.24, 2.45) is 5.10 Å². The van der Waals surface area contributed by atoms with E-state index in [9.17, 15) is 0 Å². The molecular formula is C9H18N2O. The van der Waals surface area contributed by atoms with Crippen molar-refractivity contribution in [2.45, 2.75) is 39.2 Å². The molecule has 0 bridgehead atoms. The highest BCUT2D eigenvalue weighted by atomic mass is 16.5. The number of ether oxygens (including phenoxy) is 1. The van der Waals surface area contributed by atoms with Crippen LogP contribution in [0.4, 0.5) is 0 Å². The lowest BCUT2D eigenvalue weighted by Gasteiger charge is -2.20. The van der Waals surface area contributed by atoms with Crippen molar-refractivity contribution in [3.05, 3.63) is 0 Å². The van der Waals surface area contributed by atoms with Gasteiger partial charge in [0.15, 0.2) is 0 Å². The van der Waals surface area contributed by atoms with E-state index in [4.69, 9.17) is 4.74 Å². The summed E-state index contributed by atoms with van der Waals surface area (Å²) in [6, 6.07) is 0. The van der Waals surface area contributed by atoms with E-state index in [-0.39, 0.29) is 5.54 Å². The molecule has 1 aliphatic heterocycles. The van der Waals surface area contributed by atoms with E-state index < -0.39 is 0 Å². The molecule has 0 aliphatic carbocycles. The number of nitrogens with zero attached hydrogens (tertiary/aromatic N) is 1. The first-order valence-corrected chi connectivity index (χ1v) is 4.48. The van der Waals surface area contributed by atoms with Gasteiger partial charge in [-0.2, -0.15) is 5.10 Å². The summed E-state index contributed by atoms with van der Waals surface area (Å²) in [5.74, 6) is 0.